The third kappa shape index (κ3) is 3.95. The average Bonchev–Trinajstić information content (AvgIpc) is 2.79. The molecule has 2 aromatic rings. The van der Waals surface area contributed by atoms with Gasteiger partial charge >= 0.3 is 0 Å². The lowest BCUT2D eigenvalue weighted by atomic mass is 10.2. The Morgan fingerprint density at radius 2 is 2.24 bits per heavy atom. The minimum absolute atomic E-state index is 0.335. The van der Waals surface area contributed by atoms with Crippen molar-refractivity contribution in [3.63, 3.8) is 0 Å². The first-order valence-electron chi connectivity index (χ1n) is 5.62. The molecule has 1 aromatic heterocycles. The summed E-state index contributed by atoms with van der Waals surface area (Å²) in [4.78, 5) is 1.20. The molecular formula is C14H16O2S. The topological polar surface area (TPSA) is 33.4 Å². The first-order chi connectivity index (χ1) is 8.24. The van der Waals surface area contributed by atoms with E-state index in [2.05, 4.69) is 25.1 Å². The number of aliphatic hydroxyl groups excluding tert-OH is 1. The lowest BCUT2D eigenvalue weighted by molar-refractivity contribution is 0.200. The number of hydrogen-bond acceptors (Lipinski definition) is 3. The molecule has 0 aliphatic carbocycles. The number of thioether (sulfide) groups is 1. The predicted octanol–water partition coefficient (Wildman–Crippen LogP) is 3.28. The second-order valence-corrected chi connectivity index (χ2v) is 5.21. The van der Waals surface area contributed by atoms with Crippen LogP contribution in [0.15, 0.2) is 52.2 Å². The lowest BCUT2D eigenvalue weighted by Gasteiger charge is -2.09. The monoisotopic (exact) mass is 248 g/mol. The number of hydrogen-bond donors (Lipinski definition) is 1. The highest BCUT2D eigenvalue weighted by Crippen LogP contribution is 2.20. The molecule has 17 heavy (non-hydrogen) atoms. The molecule has 3 heteroatoms. The van der Waals surface area contributed by atoms with Gasteiger partial charge in [-0.3, -0.25) is 0 Å². The number of aryl methyl sites for hydroxylation is 1. The van der Waals surface area contributed by atoms with Gasteiger partial charge < -0.3 is 9.52 Å². The van der Waals surface area contributed by atoms with Gasteiger partial charge in [0.15, 0.2) is 0 Å². The Kier molecular flexibility index (Phi) is 4.29. The summed E-state index contributed by atoms with van der Waals surface area (Å²) < 4.78 is 4.98. The standard InChI is InChI=1S/C14H16O2S/c1-11-3-2-4-14(7-11)17-10-13(15)8-12-5-6-16-9-12/h2-7,9,13,15H,8,10H2,1H3. The zero-order chi connectivity index (χ0) is 12.1. The normalized spacial score (nSPS) is 12.6. The van der Waals surface area contributed by atoms with Crippen molar-refractivity contribution < 1.29 is 9.52 Å². The van der Waals surface area contributed by atoms with Crippen molar-refractivity contribution in [3.8, 4) is 0 Å². The first-order valence-corrected chi connectivity index (χ1v) is 6.61. The van der Waals surface area contributed by atoms with Crippen LogP contribution in [0.4, 0.5) is 0 Å². The van der Waals surface area contributed by atoms with E-state index in [1.807, 2.05) is 12.1 Å². The maximum absolute atomic E-state index is 9.89. The minimum atomic E-state index is -0.335. The van der Waals surface area contributed by atoms with Gasteiger partial charge in [-0.15, -0.1) is 11.8 Å². The summed E-state index contributed by atoms with van der Waals surface area (Å²) in [6, 6.07) is 10.2. The van der Waals surface area contributed by atoms with Crippen LogP contribution in [0.25, 0.3) is 0 Å². The summed E-state index contributed by atoms with van der Waals surface area (Å²) in [5, 5.41) is 9.89. The largest absolute Gasteiger partial charge is 0.472 e. The van der Waals surface area contributed by atoms with Crippen molar-refractivity contribution >= 4 is 11.8 Å². The third-order valence-electron chi connectivity index (χ3n) is 2.48. The van der Waals surface area contributed by atoms with E-state index >= 15 is 0 Å². The van der Waals surface area contributed by atoms with Crippen molar-refractivity contribution in [2.24, 2.45) is 0 Å². The van der Waals surface area contributed by atoms with E-state index < -0.39 is 0 Å². The van der Waals surface area contributed by atoms with Crippen molar-refractivity contribution in [3.05, 3.63) is 54.0 Å². The molecule has 1 heterocycles. The summed E-state index contributed by atoms with van der Waals surface area (Å²) >= 11 is 1.68. The molecular weight excluding hydrogens is 232 g/mol. The summed E-state index contributed by atoms with van der Waals surface area (Å²) in [5.41, 5.74) is 2.29. The van der Waals surface area contributed by atoms with Gasteiger partial charge in [-0.25, -0.2) is 0 Å². The molecule has 0 amide bonds. The first kappa shape index (κ1) is 12.3. The van der Waals surface area contributed by atoms with Gasteiger partial charge in [0.1, 0.15) is 0 Å². The molecule has 2 nitrogen and oxygen atoms in total. The lowest BCUT2D eigenvalue weighted by Crippen LogP contribution is -2.12. The zero-order valence-electron chi connectivity index (χ0n) is 9.80. The van der Waals surface area contributed by atoms with Crippen LogP contribution in [0.3, 0.4) is 0 Å². The van der Waals surface area contributed by atoms with Crippen LogP contribution in [0, 0.1) is 6.92 Å². The van der Waals surface area contributed by atoms with Crippen molar-refractivity contribution in [2.45, 2.75) is 24.3 Å². The highest BCUT2D eigenvalue weighted by atomic mass is 32.2. The highest BCUT2D eigenvalue weighted by Gasteiger charge is 2.07. The van der Waals surface area contributed by atoms with Gasteiger partial charge in [0.05, 0.1) is 18.6 Å². The van der Waals surface area contributed by atoms with E-state index in [0.29, 0.717) is 12.2 Å². The fourth-order valence-corrected chi connectivity index (χ4v) is 2.58. The Balaban J connectivity index is 1.82. The van der Waals surface area contributed by atoms with Gasteiger partial charge in [0.25, 0.3) is 0 Å². The summed E-state index contributed by atoms with van der Waals surface area (Å²) in [6.45, 7) is 2.08. The molecule has 90 valence electrons. The Hall–Kier alpha value is -1.19. The van der Waals surface area contributed by atoms with Gasteiger partial charge in [-0.05, 0) is 30.7 Å². The molecule has 0 fully saturated rings. The van der Waals surface area contributed by atoms with Crippen LogP contribution in [-0.2, 0) is 6.42 Å². The Bertz CT molecular complexity index is 451. The predicted molar refractivity (Wildman–Crippen MR) is 70.3 cm³/mol. The molecule has 0 aliphatic rings. The average molecular weight is 248 g/mol. The molecule has 0 saturated heterocycles. The zero-order valence-corrected chi connectivity index (χ0v) is 10.6. The molecule has 0 aliphatic heterocycles. The SMILES string of the molecule is Cc1cccc(SCC(O)Cc2ccoc2)c1. The van der Waals surface area contributed by atoms with E-state index in [4.69, 9.17) is 4.42 Å². The van der Waals surface area contributed by atoms with Crippen LogP contribution in [0.5, 0.6) is 0 Å². The Morgan fingerprint density at radius 1 is 1.35 bits per heavy atom. The van der Waals surface area contributed by atoms with Gasteiger partial charge in [0.2, 0.25) is 0 Å². The minimum Gasteiger partial charge on any atom is -0.472 e. The van der Waals surface area contributed by atoms with E-state index in [1.54, 1.807) is 24.3 Å². The molecule has 1 unspecified atom stereocenters. The van der Waals surface area contributed by atoms with Gasteiger partial charge in [0, 0.05) is 17.1 Å². The van der Waals surface area contributed by atoms with Crippen LogP contribution in [0.2, 0.25) is 0 Å². The van der Waals surface area contributed by atoms with Gasteiger partial charge in [-0.1, -0.05) is 17.7 Å². The molecule has 1 aromatic carbocycles. The third-order valence-corrected chi connectivity index (χ3v) is 3.62. The Morgan fingerprint density at radius 3 is 2.94 bits per heavy atom. The number of benzene rings is 1. The van der Waals surface area contributed by atoms with Crippen molar-refractivity contribution in [1.29, 1.82) is 0 Å². The van der Waals surface area contributed by atoms with E-state index in [0.717, 1.165) is 5.56 Å². The number of rotatable bonds is 5. The van der Waals surface area contributed by atoms with Gasteiger partial charge in [-0.2, -0.15) is 0 Å². The molecule has 0 radical (unpaired) electrons. The Labute approximate surface area is 106 Å². The second-order valence-electron chi connectivity index (χ2n) is 4.12. The van der Waals surface area contributed by atoms with Crippen LogP contribution < -0.4 is 0 Å². The smallest absolute Gasteiger partial charge is 0.0935 e. The maximum atomic E-state index is 9.89. The molecule has 0 saturated carbocycles. The summed E-state index contributed by atoms with van der Waals surface area (Å²) in [5.74, 6) is 0.703. The molecule has 1 N–H and O–H groups in total. The van der Waals surface area contributed by atoms with Crippen LogP contribution >= 0.6 is 11.8 Å². The fraction of sp³-hybridized carbons (Fsp3) is 0.286. The molecule has 0 bridgehead atoms. The summed E-state index contributed by atoms with van der Waals surface area (Å²) in [6.07, 6.45) is 3.63. The molecule has 2 rings (SSSR count). The summed E-state index contributed by atoms with van der Waals surface area (Å²) in [7, 11) is 0. The van der Waals surface area contributed by atoms with E-state index in [9.17, 15) is 5.11 Å². The highest BCUT2D eigenvalue weighted by molar-refractivity contribution is 7.99. The second kappa shape index (κ2) is 5.94. The number of furan rings is 1. The van der Waals surface area contributed by atoms with Crippen molar-refractivity contribution in [2.75, 3.05) is 5.75 Å². The van der Waals surface area contributed by atoms with Crippen LogP contribution in [-0.4, -0.2) is 17.0 Å². The van der Waals surface area contributed by atoms with E-state index in [1.165, 1.54) is 10.5 Å². The molecule has 0 spiro atoms. The number of aliphatic hydroxyl groups is 1. The van der Waals surface area contributed by atoms with E-state index in [-0.39, 0.29) is 6.10 Å². The quantitative estimate of drug-likeness (QED) is 0.824. The maximum Gasteiger partial charge on any atom is 0.0935 e. The molecule has 1 atom stereocenters. The van der Waals surface area contributed by atoms with Crippen LogP contribution in [0.1, 0.15) is 11.1 Å². The fourth-order valence-electron chi connectivity index (χ4n) is 1.64. The van der Waals surface area contributed by atoms with Crippen molar-refractivity contribution in [1.82, 2.24) is 0 Å².